The molecule has 4 heteroatoms. The van der Waals surface area contributed by atoms with Crippen LogP contribution in [0.15, 0.2) is 0 Å². The van der Waals surface area contributed by atoms with Gasteiger partial charge < -0.3 is 10.8 Å². The number of carboxylic acid groups (broad SMARTS) is 1. The largest absolute Gasteiger partial charge is 0.481 e. The molecule has 0 aromatic carbocycles. The van der Waals surface area contributed by atoms with Gasteiger partial charge >= 0.3 is 5.97 Å². The molecule has 1 aliphatic carbocycles. The number of carbonyl (C=O) groups excluding carboxylic acids is 1. The zero-order valence-corrected chi connectivity index (χ0v) is 5.46. The van der Waals surface area contributed by atoms with E-state index in [-0.39, 0.29) is 12.2 Å². The first-order chi connectivity index (χ1) is 4.54. The Balaban J connectivity index is 2.53. The van der Waals surface area contributed by atoms with E-state index in [1.165, 1.54) is 0 Å². The monoisotopic (exact) mass is 143 g/mol. The summed E-state index contributed by atoms with van der Waals surface area (Å²) >= 11 is 0. The molecule has 0 saturated heterocycles. The van der Waals surface area contributed by atoms with Gasteiger partial charge in [-0.05, 0) is 6.42 Å². The molecule has 56 valence electrons. The fourth-order valence-electron chi connectivity index (χ4n) is 1.01. The third kappa shape index (κ3) is 1.02. The van der Waals surface area contributed by atoms with Crippen LogP contribution in [0.5, 0.6) is 0 Å². The van der Waals surface area contributed by atoms with E-state index in [9.17, 15) is 9.59 Å². The van der Waals surface area contributed by atoms with Crippen LogP contribution in [0.25, 0.3) is 0 Å². The third-order valence-corrected chi connectivity index (χ3v) is 1.82. The fourth-order valence-corrected chi connectivity index (χ4v) is 1.01. The molecule has 10 heavy (non-hydrogen) atoms. The van der Waals surface area contributed by atoms with Crippen molar-refractivity contribution in [2.75, 3.05) is 0 Å². The molecule has 4 nitrogen and oxygen atoms in total. The highest BCUT2D eigenvalue weighted by Gasteiger charge is 2.43. The molecule has 0 aliphatic heterocycles. The predicted octanol–water partition coefficient (Wildman–Crippen LogP) is -0.479. The Labute approximate surface area is 58.0 Å². The SMILES string of the molecule is NC1(CC(=O)O)CCC1=O. The van der Waals surface area contributed by atoms with E-state index in [4.69, 9.17) is 10.8 Å². The summed E-state index contributed by atoms with van der Waals surface area (Å²) in [4.78, 5) is 20.8. The lowest BCUT2D eigenvalue weighted by Gasteiger charge is -2.34. The highest BCUT2D eigenvalue weighted by Crippen LogP contribution is 2.27. The first-order valence-corrected chi connectivity index (χ1v) is 3.08. The molecule has 1 rings (SSSR count). The average molecular weight is 143 g/mol. The highest BCUT2D eigenvalue weighted by molar-refractivity contribution is 5.97. The number of hydrogen-bond donors (Lipinski definition) is 2. The van der Waals surface area contributed by atoms with E-state index in [0.29, 0.717) is 12.8 Å². The second-order valence-corrected chi connectivity index (χ2v) is 2.65. The number of aliphatic carboxylic acids is 1. The minimum Gasteiger partial charge on any atom is -0.481 e. The van der Waals surface area contributed by atoms with Crippen LogP contribution in [0.1, 0.15) is 19.3 Å². The van der Waals surface area contributed by atoms with E-state index in [1.54, 1.807) is 0 Å². The van der Waals surface area contributed by atoms with Gasteiger partial charge in [0.2, 0.25) is 0 Å². The first kappa shape index (κ1) is 7.21. The summed E-state index contributed by atoms with van der Waals surface area (Å²) in [6.45, 7) is 0. The van der Waals surface area contributed by atoms with Crippen LogP contribution in [0, 0.1) is 0 Å². The Kier molecular flexibility index (Phi) is 1.48. The predicted molar refractivity (Wildman–Crippen MR) is 33.4 cm³/mol. The molecule has 1 saturated carbocycles. The lowest BCUT2D eigenvalue weighted by atomic mass is 9.74. The highest BCUT2D eigenvalue weighted by atomic mass is 16.4. The number of hydrogen-bond acceptors (Lipinski definition) is 3. The maximum absolute atomic E-state index is 10.7. The topological polar surface area (TPSA) is 80.4 Å². The second-order valence-electron chi connectivity index (χ2n) is 2.65. The Morgan fingerprint density at radius 1 is 1.80 bits per heavy atom. The molecule has 0 aromatic rings. The van der Waals surface area contributed by atoms with Crippen molar-refractivity contribution in [1.82, 2.24) is 0 Å². The van der Waals surface area contributed by atoms with Crippen LogP contribution in [-0.2, 0) is 9.59 Å². The van der Waals surface area contributed by atoms with Gasteiger partial charge in [0, 0.05) is 6.42 Å². The molecule has 1 atom stereocenters. The lowest BCUT2D eigenvalue weighted by molar-refractivity contribution is -0.144. The number of carbonyl (C=O) groups is 2. The van der Waals surface area contributed by atoms with Crippen LogP contribution in [0.4, 0.5) is 0 Å². The fraction of sp³-hybridized carbons (Fsp3) is 0.667. The zero-order valence-electron chi connectivity index (χ0n) is 5.46. The molecular weight excluding hydrogens is 134 g/mol. The van der Waals surface area contributed by atoms with Gasteiger partial charge in [-0.25, -0.2) is 0 Å². The van der Waals surface area contributed by atoms with E-state index >= 15 is 0 Å². The van der Waals surface area contributed by atoms with Gasteiger partial charge in [0.1, 0.15) is 0 Å². The first-order valence-electron chi connectivity index (χ1n) is 3.08. The molecule has 0 aromatic heterocycles. The average Bonchev–Trinajstić information content (AvgIpc) is 1.84. The number of rotatable bonds is 2. The number of nitrogens with two attached hydrogens (primary N) is 1. The van der Waals surface area contributed by atoms with E-state index in [0.717, 1.165) is 0 Å². The molecule has 0 heterocycles. The maximum Gasteiger partial charge on any atom is 0.305 e. The molecular formula is C6H9NO3. The number of Topliss-reactive ketones (excluding diaryl/α,β-unsaturated/α-hetero) is 1. The summed E-state index contributed by atoms with van der Waals surface area (Å²) < 4.78 is 0. The molecule has 0 radical (unpaired) electrons. The van der Waals surface area contributed by atoms with Crippen molar-refractivity contribution < 1.29 is 14.7 Å². The van der Waals surface area contributed by atoms with E-state index < -0.39 is 11.5 Å². The van der Waals surface area contributed by atoms with Gasteiger partial charge in [-0.2, -0.15) is 0 Å². The normalized spacial score (nSPS) is 31.5. The van der Waals surface area contributed by atoms with Gasteiger partial charge in [-0.1, -0.05) is 0 Å². The minimum atomic E-state index is -1.04. The maximum atomic E-state index is 10.7. The summed E-state index contributed by atoms with van der Waals surface area (Å²) in [7, 11) is 0. The van der Waals surface area contributed by atoms with E-state index in [1.807, 2.05) is 0 Å². The molecule has 1 unspecified atom stereocenters. The lowest BCUT2D eigenvalue weighted by Crippen LogP contribution is -2.56. The zero-order chi connectivity index (χ0) is 7.78. The van der Waals surface area contributed by atoms with E-state index in [2.05, 4.69) is 0 Å². The Hall–Kier alpha value is -0.900. The van der Waals surface area contributed by atoms with Crippen molar-refractivity contribution in [2.24, 2.45) is 5.73 Å². The second kappa shape index (κ2) is 2.05. The van der Waals surface area contributed by atoms with Crippen molar-refractivity contribution in [1.29, 1.82) is 0 Å². The van der Waals surface area contributed by atoms with Crippen molar-refractivity contribution in [2.45, 2.75) is 24.8 Å². The summed E-state index contributed by atoms with van der Waals surface area (Å²) in [6.07, 6.45) is 0.716. The van der Waals surface area contributed by atoms with Crippen molar-refractivity contribution in [3.8, 4) is 0 Å². The van der Waals surface area contributed by atoms with Crippen LogP contribution in [0.2, 0.25) is 0 Å². The van der Waals surface area contributed by atoms with Crippen LogP contribution in [0.3, 0.4) is 0 Å². The summed E-state index contributed by atoms with van der Waals surface area (Å²) in [5, 5.41) is 8.30. The Morgan fingerprint density at radius 2 is 2.40 bits per heavy atom. The summed E-state index contributed by atoms with van der Waals surface area (Å²) in [5.41, 5.74) is 4.38. The van der Waals surface area contributed by atoms with Gasteiger partial charge in [-0.3, -0.25) is 9.59 Å². The standard InChI is InChI=1S/C6H9NO3/c7-6(3-5(9)10)2-1-4(6)8/h1-3,7H2,(H,9,10). The van der Waals surface area contributed by atoms with Gasteiger partial charge in [0.05, 0.1) is 12.0 Å². The van der Waals surface area contributed by atoms with Gasteiger partial charge in [0.25, 0.3) is 0 Å². The molecule has 1 aliphatic rings. The molecule has 0 amide bonds. The Morgan fingerprint density at radius 3 is 2.50 bits per heavy atom. The van der Waals surface area contributed by atoms with Gasteiger partial charge in [0.15, 0.2) is 5.78 Å². The number of carboxylic acids is 1. The quantitative estimate of drug-likeness (QED) is 0.547. The third-order valence-electron chi connectivity index (χ3n) is 1.82. The summed E-state index contributed by atoms with van der Waals surface area (Å²) in [6, 6.07) is 0. The molecule has 1 fully saturated rings. The minimum absolute atomic E-state index is 0.130. The number of ketones is 1. The molecule has 0 bridgehead atoms. The van der Waals surface area contributed by atoms with Crippen LogP contribution in [-0.4, -0.2) is 22.4 Å². The van der Waals surface area contributed by atoms with Crippen LogP contribution >= 0.6 is 0 Å². The smallest absolute Gasteiger partial charge is 0.305 e. The van der Waals surface area contributed by atoms with Crippen molar-refractivity contribution >= 4 is 11.8 Å². The van der Waals surface area contributed by atoms with Crippen molar-refractivity contribution in [3.63, 3.8) is 0 Å². The van der Waals surface area contributed by atoms with Crippen LogP contribution < -0.4 is 5.73 Å². The van der Waals surface area contributed by atoms with Crippen molar-refractivity contribution in [3.05, 3.63) is 0 Å². The molecule has 0 spiro atoms. The molecule has 3 N–H and O–H groups in total. The summed E-state index contributed by atoms with van der Waals surface area (Å²) in [5.74, 6) is -1.13. The Bertz CT molecular complexity index is 189. The van der Waals surface area contributed by atoms with Gasteiger partial charge in [-0.15, -0.1) is 0 Å².